The highest BCUT2D eigenvalue weighted by Gasteiger charge is 1.96. The Bertz CT molecular complexity index is 239. The fourth-order valence-corrected chi connectivity index (χ4v) is 3.11. The number of hydrogen-bond acceptors (Lipinski definition) is 2. The number of rotatable bonds is 4. The summed E-state index contributed by atoms with van der Waals surface area (Å²) in [6.07, 6.45) is 0. The summed E-state index contributed by atoms with van der Waals surface area (Å²) < 4.78 is 0. The van der Waals surface area contributed by atoms with Gasteiger partial charge in [-0.05, 0) is 24.3 Å². The van der Waals surface area contributed by atoms with Crippen molar-refractivity contribution < 1.29 is 0 Å². The van der Waals surface area contributed by atoms with Gasteiger partial charge < -0.3 is 0 Å². The average molecular weight is 212 g/mol. The predicted octanol–water partition coefficient (Wildman–Crippen LogP) is 4.19. The number of benzene rings is 1. The summed E-state index contributed by atoms with van der Waals surface area (Å²) in [4.78, 5) is 1.37. The SMILES string of the molecule is Cc1ccc(SCSC(C)C)cc1. The molecule has 0 bridgehead atoms. The predicted molar refractivity (Wildman–Crippen MR) is 64.6 cm³/mol. The van der Waals surface area contributed by atoms with Gasteiger partial charge in [-0.1, -0.05) is 31.5 Å². The van der Waals surface area contributed by atoms with Crippen LogP contribution in [-0.2, 0) is 0 Å². The molecule has 0 atom stereocenters. The maximum absolute atomic E-state index is 2.24. The Balaban J connectivity index is 2.33. The molecular formula is C11H16S2. The van der Waals surface area contributed by atoms with Crippen molar-refractivity contribution in [2.75, 3.05) is 5.08 Å². The summed E-state index contributed by atoms with van der Waals surface area (Å²) in [6, 6.07) is 8.73. The number of aryl methyl sites for hydroxylation is 1. The second kappa shape index (κ2) is 5.61. The van der Waals surface area contributed by atoms with Crippen LogP contribution in [0.25, 0.3) is 0 Å². The highest BCUT2D eigenvalue weighted by molar-refractivity contribution is 8.16. The van der Waals surface area contributed by atoms with E-state index in [0.717, 1.165) is 10.3 Å². The standard InChI is InChI=1S/C11H16S2/c1-9(2)12-8-13-11-6-4-10(3)5-7-11/h4-7,9H,8H2,1-3H3. The van der Waals surface area contributed by atoms with Crippen molar-refractivity contribution in [2.45, 2.75) is 30.9 Å². The van der Waals surface area contributed by atoms with E-state index in [-0.39, 0.29) is 0 Å². The third-order valence-corrected chi connectivity index (χ3v) is 3.94. The molecule has 0 aliphatic rings. The van der Waals surface area contributed by atoms with E-state index in [1.54, 1.807) is 0 Å². The fraction of sp³-hybridized carbons (Fsp3) is 0.455. The Kier molecular flexibility index (Phi) is 4.74. The normalized spacial score (nSPS) is 10.8. The van der Waals surface area contributed by atoms with Gasteiger partial charge in [0.05, 0.1) is 0 Å². The van der Waals surface area contributed by atoms with Crippen LogP contribution in [0.15, 0.2) is 29.2 Å². The molecule has 72 valence electrons. The van der Waals surface area contributed by atoms with E-state index in [9.17, 15) is 0 Å². The molecule has 1 aromatic rings. The van der Waals surface area contributed by atoms with Gasteiger partial charge in [0, 0.05) is 9.98 Å². The summed E-state index contributed by atoms with van der Waals surface area (Å²) in [5, 5.41) is 1.89. The molecule has 0 N–H and O–H groups in total. The first-order valence-corrected chi connectivity index (χ1v) is 6.53. The zero-order chi connectivity index (χ0) is 9.68. The highest BCUT2D eigenvalue weighted by Crippen LogP contribution is 2.24. The topological polar surface area (TPSA) is 0 Å². The molecule has 0 amide bonds. The first-order valence-electron chi connectivity index (χ1n) is 4.49. The Labute approximate surface area is 89.5 Å². The smallest absolute Gasteiger partial charge is 0.0442 e. The van der Waals surface area contributed by atoms with Gasteiger partial charge in [-0.25, -0.2) is 0 Å². The summed E-state index contributed by atoms with van der Waals surface area (Å²) >= 11 is 3.91. The van der Waals surface area contributed by atoms with Crippen LogP contribution in [0.5, 0.6) is 0 Å². The minimum atomic E-state index is 0.734. The van der Waals surface area contributed by atoms with Crippen molar-refractivity contribution in [3.8, 4) is 0 Å². The average Bonchev–Trinajstić information content (AvgIpc) is 2.08. The lowest BCUT2D eigenvalue weighted by molar-refractivity contribution is 1.12. The maximum Gasteiger partial charge on any atom is 0.0442 e. The van der Waals surface area contributed by atoms with Crippen LogP contribution < -0.4 is 0 Å². The summed E-state index contributed by atoms with van der Waals surface area (Å²) in [6.45, 7) is 6.60. The molecule has 1 aromatic carbocycles. The molecule has 0 saturated heterocycles. The molecule has 0 unspecified atom stereocenters. The molecular weight excluding hydrogens is 196 g/mol. The van der Waals surface area contributed by atoms with Crippen LogP contribution in [0, 0.1) is 6.92 Å². The Morgan fingerprint density at radius 2 is 1.77 bits per heavy atom. The molecule has 0 fully saturated rings. The zero-order valence-corrected chi connectivity index (χ0v) is 10.0. The van der Waals surface area contributed by atoms with Gasteiger partial charge in [0.15, 0.2) is 0 Å². The largest absolute Gasteiger partial charge is 0.148 e. The molecule has 0 radical (unpaired) electrons. The summed E-state index contributed by atoms with van der Waals surface area (Å²) in [7, 11) is 0. The second-order valence-corrected chi connectivity index (χ2v) is 6.27. The molecule has 13 heavy (non-hydrogen) atoms. The van der Waals surface area contributed by atoms with E-state index in [2.05, 4.69) is 45.0 Å². The van der Waals surface area contributed by atoms with Crippen LogP contribution >= 0.6 is 23.5 Å². The first kappa shape index (κ1) is 11.0. The summed E-state index contributed by atoms with van der Waals surface area (Å²) in [5.74, 6) is 0. The van der Waals surface area contributed by atoms with Crippen molar-refractivity contribution in [1.82, 2.24) is 0 Å². The molecule has 1 rings (SSSR count). The van der Waals surface area contributed by atoms with Gasteiger partial charge in [0.1, 0.15) is 0 Å². The molecule has 0 saturated carbocycles. The van der Waals surface area contributed by atoms with E-state index < -0.39 is 0 Å². The van der Waals surface area contributed by atoms with Crippen LogP contribution in [0.2, 0.25) is 0 Å². The minimum absolute atomic E-state index is 0.734. The van der Waals surface area contributed by atoms with E-state index in [1.807, 2.05) is 23.5 Å². The van der Waals surface area contributed by atoms with Crippen LogP contribution in [0.1, 0.15) is 19.4 Å². The van der Waals surface area contributed by atoms with E-state index in [1.165, 1.54) is 10.5 Å². The van der Waals surface area contributed by atoms with Gasteiger partial charge in [-0.2, -0.15) is 0 Å². The third-order valence-electron chi connectivity index (χ3n) is 1.65. The van der Waals surface area contributed by atoms with Crippen LogP contribution in [0.3, 0.4) is 0 Å². The highest BCUT2D eigenvalue weighted by atomic mass is 32.2. The Morgan fingerprint density at radius 3 is 2.31 bits per heavy atom. The van der Waals surface area contributed by atoms with Crippen molar-refractivity contribution in [3.63, 3.8) is 0 Å². The van der Waals surface area contributed by atoms with Crippen LogP contribution in [0.4, 0.5) is 0 Å². The van der Waals surface area contributed by atoms with Crippen molar-refractivity contribution in [2.24, 2.45) is 0 Å². The molecule has 0 aliphatic heterocycles. The third kappa shape index (κ3) is 4.63. The zero-order valence-electron chi connectivity index (χ0n) is 8.41. The van der Waals surface area contributed by atoms with Gasteiger partial charge in [0.2, 0.25) is 0 Å². The lowest BCUT2D eigenvalue weighted by Gasteiger charge is -2.04. The summed E-state index contributed by atoms with van der Waals surface area (Å²) in [5.41, 5.74) is 1.33. The molecule has 0 nitrogen and oxygen atoms in total. The van der Waals surface area contributed by atoms with Crippen molar-refractivity contribution in [1.29, 1.82) is 0 Å². The molecule has 0 spiro atoms. The number of hydrogen-bond donors (Lipinski definition) is 0. The van der Waals surface area contributed by atoms with E-state index in [4.69, 9.17) is 0 Å². The minimum Gasteiger partial charge on any atom is -0.148 e. The molecule has 0 aromatic heterocycles. The number of thioether (sulfide) groups is 2. The second-order valence-electron chi connectivity index (χ2n) is 3.29. The van der Waals surface area contributed by atoms with Crippen molar-refractivity contribution >= 4 is 23.5 Å². The monoisotopic (exact) mass is 212 g/mol. The maximum atomic E-state index is 2.24. The van der Waals surface area contributed by atoms with E-state index in [0.29, 0.717) is 0 Å². The van der Waals surface area contributed by atoms with Gasteiger partial charge in [-0.15, -0.1) is 23.5 Å². The van der Waals surface area contributed by atoms with Gasteiger partial charge in [0.25, 0.3) is 0 Å². The van der Waals surface area contributed by atoms with Gasteiger partial charge in [-0.3, -0.25) is 0 Å². The first-order chi connectivity index (χ1) is 6.18. The Morgan fingerprint density at radius 1 is 1.15 bits per heavy atom. The fourth-order valence-electron chi connectivity index (χ4n) is 0.873. The molecule has 0 heterocycles. The van der Waals surface area contributed by atoms with E-state index >= 15 is 0 Å². The lowest BCUT2D eigenvalue weighted by Crippen LogP contribution is -1.86. The molecule has 2 heteroatoms. The van der Waals surface area contributed by atoms with Gasteiger partial charge >= 0.3 is 0 Å². The van der Waals surface area contributed by atoms with Crippen LogP contribution in [-0.4, -0.2) is 10.3 Å². The Hall–Kier alpha value is -0.0800. The van der Waals surface area contributed by atoms with Crippen molar-refractivity contribution in [3.05, 3.63) is 29.8 Å². The lowest BCUT2D eigenvalue weighted by atomic mass is 10.2. The quantitative estimate of drug-likeness (QED) is 0.542. The molecule has 0 aliphatic carbocycles.